The van der Waals surface area contributed by atoms with Gasteiger partial charge in [0.05, 0.1) is 7.11 Å². The Kier molecular flexibility index (Phi) is 7.30. The molecule has 3 aromatic carbocycles. The topological polar surface area (TPSA) is 42.0 Å². The highest BCUT2D eigenvalue weighted by Gasteiger charge is 2.22. The van der Waals surface area contributed by atoms with Crippen LogP contribution in [-0.2, 0) is 13.2 Å². The number of rotatable bonds is 7. The van der Waals surface area contributed by atoms with Crippen molar-refractivity contribution < 1.29 is 14.3 Å². The van der Waals surface area contributed by atoms with E-state index in [1.165, 1.54) is 5.56 Å². The summed E-state index contributed by atoms with van der Waals surface area (Å²) in [5.41, 5.74) is 2.88. The van der Waals surface area contributed by atoms with Crippen LogP contribution in [0.4, 0.5) is 0 Å². The number of carbonyl (C=O) groups is 1. The molecule has 0 bridgehead atoms. The minimum Gasteiger partial charge on any atom is -0.497 e. The van der Waals surface area contributed by atoms with Crippen molar-refractivity contribution in [3.05, 3.63) is 94.5 Å². The maximum Gasteiger partial charge on any atom is 0.253 e. The second-order valence-corrected chi connectivity index (χ2v) is 8.30. The van der Waals surface area contributed by atoms with Gasteiger partial charge in [0, 0.05) is 43.3 Å². The lowest BCUT2D eigenvalue weighted by atomic mass is 10.1. The van der Waals surface area contributed by atoms with Crippen LogP contribution in [0.5, 0.6) is 11.5 Å². The number of amides is 1. The third-order valence-corrected chi connectivity index (χ3v) is 5.84. The fraction of sp³-hybridized carbons (Fsp3) is 0.269. The number of hydrogen-bond donors (Lipinski definition) is 0. The highest BCUT2D eigenvalue weighted by Crippen LogP contribution is 2.19. The number of benzene rings is 3. The molecule has 1 heterocycles. The van der Waals surface area contributed by atoms with Gasteiger partial charge in [-0.2, -0.15) is 0 Å². The third kappa shape index (κ3) is 5.81. The highest BCUT2D eigenvalue weighted by atomic mass is 35.5. The normalized spacial score (nSPS) is 14.2. The molecule has 5 nitrogen and oxygen atoms in total. The molecule has 0 aliphatic carbocycles. The van der Waals surface area contributed by atoms with E-state index in [-0.39, 0.29) is 5.91 Å². The predicted octanol–water partition coefficient (Wildman–Crippen LogP) is 4.89. The average Bonchev–Trinajstić information content (AvgIpc) is 2.84. The summed E-state index contributed by atoms with van der Waals surface area (Å²) < 4.78 is 11.1. The van der Waals surface area contributed by atoms with Gasteiger partial charge < -0.3 is 14.4 Å². The fourth-order valence-corrected chi connectivity index (χ4v) is 3.94. The van der Waals surface area contributed by atoms with Gasteiger partial charge in [0.2, 0.25) is 0 Å². The number of piperazine rings is 1. The van der Waals surface area contributed by atoms with Crippen LogP contribution in [0.2, 0.25) is 5.02 Å². The second-order valence-electron chi connectivity index (χ2n) is 7.86. The number of ether oxygens (including phenoxy) is 2. The van der Waals surface area contributed by atoms with Crippen LogP contribution < -0.4 is 9.47 Å². The Morgan fingerprint density at radius 3 is 2.34 bits per heavy atom. The van der Waals surface area contributed by atoms with Crippen molar-refractivity contribution in [3.63, 3.8) is 0 Å². The monoisotopic (exact) mass is 450 g/mol. The van der Waals surface area contributed by atoms with Crippen molar-refractivity contribution in [1.82, 2.24) is 9.80 Å². The second kappa shape index (κ2) is 10.5. The van der Waals surface area contributed by atoms with Gasteiger partial charge in [0.25, 0.3) is 5.91 Å². The molecule has 0 spiro atoms. The molecule has 1 amide bonds. The van der Waals surface area contributed by atoms with E-state index in [4.69, 9.17) is 21.1 Å². The summed E-state index contributed by atoms with van der Waals surface area (Å²) in [6, 6.07) is 23.1. The molecule has 3 aromatic rings. The van der Waals surface area contributed by atoms with Crippen molar-refractivity contribution >= 4 is 17.5 Å². The van der Waals surface area contributed by atoms with E-state index in [0.29, 0.717) is 30.3 Å². The zero-order chi connectivity index (χ0) is 22.3. The number of halogens is 1. The van der Waals surface area contributed by atoms with E-state index in [1.807, 2.05) is 53.4 Å². The summed E-state index contributed by atoms with van der Waals surface area (Å²) in [6.07, 6.45) is 0. The van der Waals surface area contributed by atoms with Crippen LogP contribution in [0.25, 0.3) is 0 Å². The Hall–Kier alpha value is -3.02. The SMILES string of the molecule is COc1cccc(CN2CCN(C(=O)c3cccc(COc4ccc(Cl)cc4)c3)CC2)c1. The van der Waals surface area contributed by atoms with Crippen LogP contribution in [0.3, 0.4) is 0 Å². The van der Waals surface area contributed by atoms with Gasteiger partial charge in [-0.1, -0.05) is 35.9 Å². The third-order valence-electron chi connectivity index (χ3n) is 5.59. The molecule has 4 rings (SSSR count). The van der Waals surface area contributed by atoms with E-state index in [2.05, 4.69) is 17.0 Å². The van der Waals surface area contributed by atoms with Gasteiger partial charge in [-0.05, 0) is 59.7 Å². The Morgan fingerprint density at radius 2 is 1.59 bits per heavy atom. The molecule has 0 radical (unpaired) electrons. The maximum atomic E-state index is 13.0. The van der Waals surface area contributed by atoms with Crippen LogP contribution >= 0.6 is 11.6 Å². The van der Waals surface area contributed by atoms with Crippen molar-refractivity contribution in [3.8, 4) is 11.5 Å². The highest BCUT2D eigenvalue weighted by molar-refractivity contribution is 6.30. The first-order chi connectivity index (χ1) is 15.6. The molecule has 32 heavy (non-hydrogen) atoms. The van der Waals surface area contributed by atoms with E-state index in [1.54, 1.807) is 19.2 Å². The summed E-state index contributed by atoms with van der Waals surface area (Å²) in [5.74, 6) is 1.69. The van der Waals surface area contributed by atoms with Crippen LogP contribution in [0, 0.1) is 0 Å². The zero-order valence-electron chi connectivity index (χ0n) is 18.2. The number of nitrogens with zero attached hydrogens (tertiary/aromatic N) is 2. The Morgan fingerprint density at radius 1 is 0.875 bits per heavy atom. The summed E-state index contributed by atoms with van der Waals surface area (Å²) in [6.45, 7) is 4.39. The van der Waals surface area contributed by atoms with Gasteiger partial charge in [-0.25, -0.2) is 0 Å². The molecule has 0 aromatic heterocycles. The summed E-state index contributed by atoms with van der Waals surface area (Å²) in [7, 11) is 1.68. The lowest BCUT2D eigenvalue weighted by Gasteiger charge is -2.35. The number of hydrogen-bond acceptors (Lipinski definition) is 4. The quantitative estimate of drug-likeness (QED) is 0.514. The van der Waals surface area contributed by atoms with Gasteiger partial charge in [0.15, 0.2) is 0 Å². The predicted molar refractivity (Wildman–Crippen MR) is 126 cm³/mol. The average molecular weight is 451 g/mol. The molecule has 1 saturated heterocycles. The molecule has 0 atom stereocenters. The number of methoxy groups -OCH3 is 1. The lowest BCUT2D eigenvalue weighted by Crippen LogP contribution is -2.48. The molecule has 1 fully saturated rings. The van der Waals surface area contributed by atoms with E-state index in [0.717, 1.165) is 36.7 Å². The minimum absolute atomic E-state index is 0.0689. The van der Waals surface area contributed by atoms with Crippen LogP contribution in [-0.4, -0.2) is 49.0 Å². The fourth-order valence-electron chi connectivity index (χ4n) is 3.81. The molecule has 0 saturated carbocycles. The molecule has 1 aliphatic heterocycles. The smallest absolute Gasteiger partial charge is 0.253 e. The van der Waals surface area contributed by atoms with Gasteiger partial charge in [-0.3, -0.25) is 9.69 Å². The lowest BCUT2D eigenvalue weighted by molar-refractivity contribution is 0.0628. The molecule has 166 valence electrons. The molecule has 0 N–H and O–H groups in total. The molecule has 1 aliphatic rings. The first kappa shape index (κ1) is 22.2. The zero-order valence-corrected chi connectivity index (χ0v) is 18.9. The van der Waals surface area contributed by atoms with E-state index >= 15 is 0 Å². The molecular formula is C26H27ClN2O3. The molecular weight excluding hydrogens is 424 g/mol. The van der Waals surface area contributed by atoms with Crippen LogP contribution in [0.15, 0.2) is 72.8 Å². The van der Waals surface area contributed by atoms with Gasteiger partial charge in [0.1, 0.15) is 18.1 Å². The summed E-state index contributed by atoms with van der Waals surface area (Å²) in [5, 5.41) is 0.675. The van der Waals surface area contributed by atoms with Gasteiger partial charge >= 0.3 is 0 Å². The Balaban J connectivity index is 1.30. The standard InChI is InChI=1S/C26H27ClN2O3/c1-31-25-7-3-4-20(17-25)18-28-12-14-29(15-13-28)26(30)22-6-2-5-21(16-22)19-32-24-10-8-23(27)9-11-24/h2-11,16-17H,12-15,18-19H2,1H3. The van der Waals surface area contributed by atoms with Crippen molar-refractivity contribution in [2.45, 2.75) is 13.2 Å². The van der Waals surface area contributed by atoms with Crippen molar-refractivity contribution in [2.75, 3.05) is 33.3 Å². The number of carbonyl (C=O) groups excluding carboxylic acids is 1. The van der Waals surface area contributed by atoms with E-state index in [9.17, 15) is 4.79 Å². The van der Waals surface area contributed by atoms with Crippen LogP contribution in [0.1, 0.15) is 21.5 Å². The van der Waals surface area contributed by atoms with Gasteiger partial charge in [-0.15, -0.1) is 0 Å². The van der Waals surface area contributed by atoms with Crippen molar-refractivity contribution in [2.24, 2.45) is 0 Å². The van der Waals surface area contributed by atoms with Crippen molar-refractivity contribution in [1.29, 1.82) is 0 Å². The first-order valence-corrected chi connectivity index (χ1v) is 11.1. The molecule has 0 unspecified atom stereocenters. The summed E-state index contributed by atoms with van der Waals surface area (Å²) >= 11 is 5.91. The Labute approximate surface area is 194 Å². The minimum atomic E-state index is 0.0689. The molecule has 6 heteroatoms. The summed E-state index contributed by atoms with van der Waals surface area (Å²) in [4.78, 5) is 17.3. The maximum absolute atomic E-state index is 13.0. The first-order valence-electron chi connectivity index (χ1n) is 10.7. The Bertz CT molecular complexity index is 1050. The largest absolute Gasteiger partial charge is 0.497 e. The van der Waals surface area contributed by atoms with E-state index < -0.39 is 0 Å².